The Morgan fingerprint density at radius 2 is 2.08 bits per heavy atom. The number of aliphatic hydroxyl groups is 1. The molecule has 26 heavy (non-hydrogen) atoms. The number of nitrogens with zero attached hydrogens (tertiary/aromatic N) is 2. The van der Waals surface area contributed by atoms with Crippen molar-refractivity contribution in [2.45, 2.75) is 63.5 Å². The Balaban J connectivity index is 1.42. The Morgan fingerprint density at radius 1 is 1.31 bits per heavy atom. The van der Waals surface area contributed by atoms with Gasteiger partial charge in [-0.2, -0.15) is 0 Å². The molecule has 2 aromatic rings. The van der Waals surface area contributed by atoms with E-state index >= 15 is 0 Å². The summed E-state index contributed by atoms with van der Waals surface area (Å²) in [5.74, 6) is 1.00. The molecule has 1 fully saturated rings. The number of aromatic amines is 1. The largest absolute Gasteiger partial charge is 0.392 e. The van der Waals surface area contributed by atoms with Crippen molar-refractivity contribution >= 4 is 11.6 Å². The van der Waals surface area contributed by atoms with E-state index in [-0.39, 0.29) is 11.5 Å². The Bertz CT molecular complexity index is 764. The van der Waals surface area contributed by atoms with Gasteiger partial charge < -0.3 is 10.1 Å². The number of H-pyrrole nitrogens is 1. The van der Waals surface area contributed by atoms with Gasteiger partial charge in [-0.25, -0.2) is 4.98 Å². The number of aliphatic hydroxyl groups excluding tert-OH is 1. The van der Waals surface area contributed by atoms with Gasteiger partial charge in [-0.1, -0.05) is 49.2 Å². The smallest absolute Gasteiger partial charge is 0.151 e. The maximum absolute atomic E-state index is 10.8. The topological polar surface area (TPSA) is 52.1 Å². The third-order valence-electron chi connectivity index (χ3n) is 6.28. The first-order valence-electron chi connectivity index (χ1n) is 9.84. The number of benzene rings is 1. The van der Waals surface area contributed by atoms with E-state index in [9.17, 15) is 5.11 Å². The summed E-state index contributed by atoms with van der Waals surface area (Å²) in [5, 5.41) is 11.4. The molecule has 1 unspecified atom stereocenters. The fourth-order valence-corrected chi connectivity index (χ4v) is 4.92. The summed E-state index contributed by atoms with van der Waals surface area (Å²) in [4.78, 5) is 10.3. The first-order valence-corrected chi connectivity index (χ1v) is 10.2. The molecule has 2 N–H and O–H groups in total. The van der Waals surface area contributed by atoms with Crippen molar-refractivity contribution in [3.8, 4) is 0 Å². The van der Waals surface area contributed by atoms with Gasteiger partial charge in [0.2, 0.25) is 0 Å². The lowest BCUT2D eigenvalue weighted by Crippen LogP contribution is -2.47. The van der Waals surface area contributed by atoms with Gasteiger partial charge in [-0.05, 0) is 49.9 Å². The number of piperidine rings is 1. The molecule has 1 aliphatic carbocycles. The second-order valence-electron chi connectivity index (χ2n) is 7.87. The fraction of sp³-hybridized carbons (Fsp3) is 0.571. The minimum absolute atomic E-state index is 0.0584. The molecule has 0 amide bonds. The van der Waals surface area contributed by atoms with Crippen LogP contribution < -0.4 is 0 Å². The first-order chi connectivity index (χ1) is 12.6. The van der Waals surface area contributed by atoms with Gasteiger partial charge in [0.15, 0.2) is 5.15 Å². The molecule has 0 saturated carbocycles. The van der Waals surface area contributed by atoms with Crippen LogP contribution >= 0.6 is 11.6 Å². The maximum atomic E-state index is 10.8. The van der Waals surface area contributed by atoms with Gasteiger partial charge in [-0.15, -0.1) is 0 Å². The normalized spacial score (nSPS) is 22.0. The highest BCUT2D eigenvalue weighted by Gasteiger charge is 2.47. The van der Waals surface area contributed by atoms with Gasteiger partial charge in [0.25, 0.3) is 0 Å². The van der Waals surface area contributed by atoms with E-state index in [0.29, 0.717) is 5.15 Å². The Hall–Kier alpha value is -1.36. The molecule has 4 nitrogen and oxygen atoms in total. The number of likely N-dealkylation sites (tertiary alicyclic amines) is 1. The van der Waals surface area contributed by atoms with Crippen LogP contribution in [0.25, 0.3) is 0 Å². The molecule has 1 spiro atoms. The summed E-state index contributed by atoms with van der Waals surface area (Å²) in [6, 6.07) is 8.57. The third kappa shape index (κ3) is 3.19. The average molecular weight is 374 g/mol. The zero-order valence-corrected chi connectivity index (χ0v) is 16.2. The summed E-state index contributed by atoms with van der Waals surface area (Å²) in [6.07, 6.45) is 5.79. The molecule has 2 aliphatic rings. The molecule has 1 aromatic heterocycles. The number of aryl methyl sites for hydroxylation is 1. The zero-order valence-electron chi connectivity index (χ0n) is 15.5. The standard InChI is InChI=1S/C21H28ClN3O/c1-2-3-8-19-23-17(20(22)24-19)14-25-11-9-21(10-12-25)16-7-5-4-6-15(16)13-18(21)26/h4-7,18,26H,2-3,8-14H2,1H3,(H,23,24). The van der Waals surface area contributed by atoms with Crippen LogP contribution in [0.15, 0.2) is 24.3 Å². The lowest BCUT2D eigenvalue weighted by Gasteiger charge is -2.42. The second-order valence-corrected chi connectivity index (χ2v) is 8.22. The average Bonchev–Trinajstić information content (AvgIpc) is 3.13. The van der Waals surface area contributed by atoms with Crippen molar-refractivity contribution < 1.29 is 5.11 Å². The molecular weight excluding hydrogens is 346 g/mol. The van der Waals surface area contributed by atoms with Crippen LogP contribution in [0.4, 0.5) is 0 Å². The lowest BCUT2D eigenvalue weighted by molar-refractivity contribution is 0.0411. The van der Waals surface area contributed by atoms with Crippen LogP contribution in [0.1, 0.15) is 55.3 Å². The molecule has 4 rings (SSSR count). The highest BCUT2D eigenvalue weighted by Crippen LogP contribution is 2.46. The van der Waals surface area contributed by atoms with Crippen LogP contribution in [0.3, 0.4) is 0 Å². The number of fused-ring (bicyclic) bond motifs is 2. The maximum Gasteiger partial charge on any atom is 0.151 e. The predicted molar refractivity (Wildman–Crippen MR) is 105 cm³/mol. The predicted octanol–water partition coefficient (Wildman–Crippen LogP) is 3.86. The highest BCUT2D eigenvalue weighted by atomic mass is 35.5. The van der Waals surface area contributed by atoms with E-state index in [1.54, 1.807) is 0 Å². The lowest BCUT2D eigenvalue weighted by atomic mass is 9.72. The van der Waals surface area contributed by atoms with Crippen LogP contribution in [0, 0.1) is 0 Å². The number of nitrogens with one attached hydrogen (secondary N) is 1. The Labute approximate surface area is 160 Å². The SMILES string of the molecule is CCCCc1nc(Cl)c(CN2CCC3(CC2)c2ccccc2CC3O)[nH]1. The Morgan fingerprint density at radius 3 is 2.85 bits per heavy atom. The number of imidazole rings is 1. The van der Waals surface area contributed by atoms with Crippen molar-refractivity contribution in [2.24, 2.45) is 0 Å². The molecule has 1 aliphatic heterocycles. The van der Waals surface area contributed by atoms with Crippen LogP contribution in [-0.2, 0) is 24.8 Å². The van der Waals surface area contributed by atoms with Crippen molar-refractivity contribution in [1.82, 2.24) is 14.9 Å². The van der Waals surface area contributed by atoms with Gasteiger partial charge >= 0.3 is 0 Å². The minimum atomic E-state index is -0.251. The fourth-order valence-electron chi connectivity index (χ4n) is 4.71. The van der Waals surface area contributed by atoms with E-state index in [2.05, 4.69) is 46.1 Å². The molecule has 5 heteroatoms. The molecule has 140 valence electrons. The second kappa shape index (κ2) is 7.34. The summed E-state index contributed by atoms with van der Waals surface area (Å²) in [6.45, 7) is 4.95. The molecular formula is C21H28ClN3O. The van der Waals surface area contributed by atoms with E-state index in [4.69, 9.17) is 11.6 Å². The van der Waals surface area contributed by atoms with Crippen LogP contribution in [0.5, 0.6) is 0 Å². The van der Waals surface area contributed by atoms with Crippen molar-refractivity contribution in [1.29, 1.82) is 0 Å². The third-order valence-corrected chi connectivity index (χ3v) is 6.59. The summed E-state index contributed by atoms with van der Waals surface area (Å²) in [7, 11) is 0. The first kappa shape index (κ1) is 18.0. The minimum Gasteiger partial charge on any atom is -0.392 e. The van der Waals surface area contributed by atoms with Crippen molar-refractivity contribution in [2.75, 3.05) is 13.1 Å². The summed E-state index contributed by atoms with van der Waals surface area (Å²) >= 11 is 6.34. The highest BCUT2D eigenvalue weighted by molar-refractivity contribution is 6.30. The number of unbranched alkanes of at least 4 members (excludes halogenated alkanes) is 1. The quantitative estimate of drug-likeness (QED) is 0.836. The molecule has 1 aromatic carbocycles. The van der Waals surface area contributed by atoms with E-state index in [1.165, 1.54) is 11.1 Å². The van der Waals surface area contributed by atoms with Crippen molar-refractivity contribution in [3.63, 3.8) is 0 Å². The summed E-state index contributed by atoms with van der Waals surface area (Å²) in [5.41, 5.74) is 3.66. The zero-order chi connectivity index (χ0) is 18.1. The Kier molecular flexibility index (Phi) is 5.09. The van der Waals surface area contributed by atoms with E-state index < -0.39 is 0 Å². The number of halogens is 1. The number of aromatic nitrogens is 2. The molecule has 1 atom stereocenters. The molecule has 0 radical (unpaired) electrons. The van der Waals surface area contributed by atoms with E-state index in [1.807, 2.05) is 0 Å². The van der Waals surface area contributed by atoms with Gasteiger partial charge in [0.1, 0.15) is 5.82 Å². The molecule has 0 bridgehead atoms. The van der Waals surface area contributed by atoms with Crippen molar-refractivity contribution in [3.05, 3.63) is 52.1 Å². The van der Waals surface area contributed by atoms with Gasteiger partial charge in [0, 0.05) is 18.4 Å². The summed E-state index contributed by atoms with van der Waals surface area (Å²) < 4.78 is 0. The van der Waals surface area contributed by atoms with Gasteiger partial charge in [0.05, 0.1) is 11.8 Å². The number of rotatable bonds is 5. The van der Waals surface area contributed by atoms with E-state index in [0.717, 1.165) is 69.7 Å². The molecule has 2 heterocycles. The van der Waals surface area contributed by atoms with Crippen LogP contribution in [-0.4, -0.2) is 39.2 Å². The number of hydrogen-bond donors (Lipinski definition) is 2. The molecule has 1 saturated heterocycles. The van der Waals surface area contributed by atoms with Gasteiger partial charge in [-0.3, -0.25) is 4.90 Å². The van der Waals surface area contributed by atoms with Crippen LogP contribution in [0.2, 0.25) is 5.15 Å². The monoisotopic (exact) mass is 373 g/mol. The number of hydrogen-bond acceptors (Lipinski definition) is 3.